The molecule has 0 aromatic rings. The molecule has 0 saturated heterocycles. The fourth-order valence-electron chi connectivity index (χ4n) is 2.13. The summed E-state index contributed by atoms with van der Waals surface area (Å²) in [5.41, 5.74) is 0. The van der Waals surface area contributed by atoms with Gasteiger partial charge in [-0.1, -0.05) is 13.8 Å². The van der Waals surface area contributed by atoms with E-state index in [1.54, 1.807) is 19.0 Å². The fourth-order valence-corrected chi connectivity index (χ4v) is 2.13. The van der Waals surface area contributed by atoms with E-state index in [-0.39, 0.29) is 11.9 Å². The van der Waals surface area contributed by atoms with E-state index in [2.05, 4.69) is 31.0 Å². The number of nitrogens with one attached hydrogen (secondary N) is 1. The van der Waals surface area contributed by atoms with Crippen LogP contribution in [-0.2, 0) is 4.79 Å². The Hall–Kier alpha value is -0.610. The van der Waals surface area contributed by atoms with Crippen LogP contribution < -0.4 is 5.32 Å². The first kappa shape index (κ1) is 17.4. The van der Waals surface area contributed by atoms with Crippen molar-refractivity contribution in [3.63, 3.8) is 0 Å². The second kappa shape index (κ2) is 9.34. The van der Waals surface area contributed by atoms with Crippen molar-refractivity contribution in [3.8, 4) is 0 Å². The van der Waals surface area contributed by atoms with Gasteiger partial charge in [-0.15, -0.1) is 0 Å². The summed E-state index contributed by atoms with van der Waals surface area (Å²) in [4.78, 5) is 15.8. The predicted octanol–water partition coefficient (Wildman–Crippen LogP) is 1.56. The van der Waals surface area contributed by atoms with E-state index >= 15 is 0 Å². The zero-order valence-corrected chi connectivity index (χ0v) is 13.0. The Bertz CT molecular complexity index is 227. The summed E-state index contributed by atoms with van der Waals surface area (Å²) >= 11 is 0. The van der Waals surface area contributed by atoms with Gasteiger partial charge >= 0.3 is 0 Å². The van der Waals surface area contributed by atoms with Crippen LogP contribution in [0, 0.1) is 0 Å². The van der Waals surface area contributed by atoms with Gasteiger partial charge in [-0.25, -0.2) is 0 Å². The average molecular weight is 257 g/mol. The molecule has 0 aromatic heterocycles. The third-order valence-electron chi connectivity index (χ3n) is 3.35. The van der Waals surface area contributed by atoms with Gasteiger partial charge < -0.3 is 15.1 Å². The molecule has 0 rings (SSSR count). The standard InChI is InChI=1S/C14H31N3O/c1-7-17(8-2)11-9-10-12(3)15-13(4)14(18)16(5)6/h12-13,15H,7-11H2,1-6H3. The molecule has 2 unspecified atom stereocenters. The molecule has 0 aliphatic rings. The number of nitrogens with zero attached hydrogens (tertiary/aromatic N) is 2. The summed E-state index contributed by atoms with van der Waals surface area (Å²) in [6.07, 6.45) is 2.29. The Balaban J connectivity index is 3.83. The van der Waals surface area contributed by atoms with Crippen LogP contribution in [0.5, 0.6) is 0 Å². The summed E-state index contributed by atoms with van der Waals surface area (Å²) < 4.78 is 0. The summed E-state index contributed by atoms with van der Waals surface area (Å²) in [5.74, 6) is 0.144. The number of carbonyl (C=O) groups excluding carboxylic acids is 1. The highest BCUT2D eigenvalue weighted by atomic mass is 16.2. The van der Waals surface area contributed by atoms with Crippen molar-refractivity contribution in [3.05, 3.63) is 0 Å². The summed E-state index contributed by atoms with van der Waals surface area (Å²) in [5, 5.41) is 3.36. The van der Waals surface area contributed by atoms with E-state index < -0.39 is 0 Å². The Labute approximate surface area is 113 Å². The van der Waals surface area contributed by atoms with Crippen molar-refractivity contribution in [1.82, 2.24) is 15.1 Å². The van der Waals surface area contributed by atoms with Crippen molar-refractivity contribution < 1.29 is 4.79 Å². The van der Waals surface area contributed by atoms with Gasteiger partial charge in [-0.05, 0) is 46.3 Å². The van der Waals surface area contributed by atoms with E-state index in [9.17, 15) is 4.79 Å². The van der Waals surface area contributed by atoms with E-state index in [1.165, 1.54) is 6.42 Å². The lowest BCUT2D eigenvalue weighted by molar-refractivity contribution is -0.130. The van der Waals surface area contributed by atoms with Crippen molar-refractivity contribution in [2.24, 2.45) is 0 Å². The maximum atomic E-state index is 11.7. The van der Waals surface area contributed by atoms with Gasteiger partial charge in [0.1, 0.15) is 0 Å². The number of likely N-dealkylation sites (N-methyl/N-ethyl adjacent to an activating group) is 1. The second-order valence-electron chi connectivity index (χ2n) is 5.19. The molecule has 0 aromatic carbocycles. The smallest absolute Gasteiger partial charge is 0.238 e. The molecule has 4 heteroatoms. The van der Waals surface area contributed by atoms with E-state index in [4.69, 9.17) is 0 Å². The highest BCUT2D eigenvalue weighted by molar-refractivity contribution is 5.80. The maximum absolute atomic E-state index is 11.7. The summed E-state index contributed by atoms with van der Waals surface area (Å²) in [6.45, 7) is 11.9. The largest absolute Gasteiger partial charge is 0.347 e. The lowest BCUT2D eigenvalue weighted by Gasteiger charge is -2.23. The summed E-state index contributed by atoms with van der Waals surface area (Å²) in [7, 11) is 3.59. The molecule has 4 nitrogen and oxygen atoms in total. The van der Waals surface area contributed by atoms with Gasteiger partial charge in [-0.3, -0.25) is 4.79 Å². The lowest BCUT2D eigenvalue weighted by Crippen LogP contribution is -2.45. The highest BCUT2D eigenvalue weighted by Crippen LogP contribution is 2.01. The topological polar surface area (TPSA) is 35.6 Å². The normalized spacial score (nSPS) is 14.6. The molecule has 0 radical (unpaired) electrons. The predicted molar refractivity (Wildman–Crippen MR) is 77.8 cm³/mol. The maximum Gasteiger partial charge on any atom is 0.238 e. The SMILES string of the molecule is CCN(CC)CCCC(C)NC(C)C(=O)N(C)C. The molecule has 0 bridgehead atoms. The molecule has 0 saturated carbocycles. The van der Waals surface area contributed by atoms with Gasteiger partial charge in [-0.2, -0.15) is 0 Å². The van der Waals surface area contributed by atoms with Gasteiger partial charge in [0.25, 0.3) is 0 Å². The molecule has 0 aliphatic carbocycles. The lowest BCUT2D eigenvalue weighted by atomic mass is 10.1. The molecule has 0 heterocycles. The van der Waals surface area contributed by atoms with Crippen LogP contribution in [0.1, 0.15) is 40.5 Å². The first-order valence-corrected chi connectivity index (χ1v) is 7.11. The number of hydrogen-bond donors (Lipinski definition) is 1. The molecule has 18 heavy (non-hydrogen) atoms. The Kier molecular flexibility index (Phi) is 9.02. The minimum Gasteiger partial charge on any atom is -0.347 e. The summed E-state index contributed by atoms with van der Waals surface area (Å²) in [6, 6.07) is 0.294. The zero-order valence-electron chi connectivity index (χ0n) is 13.0. The van der Waals surface area contributed by atoms with Crippen LogP contribution in [0.25, 0.3) is 0 Å². The third-order valence-corrected chi connectivity index (χ3v) is 3.35. The van der Waals surface area contributed by atoms with Crippen LogP contribution in [0.4, 0.5) is 0 Å². The fraction of sp³-hybridized carbons (Fsp3) is 0.929. The second-order valence-corrected chi connectivity index (χ2v) is 5.19. The minimum atomic E-state index is -0.0940. The Morgan fingerprint density at radius 2 is 1.72 bits per heavy atom. The number of carbonyl (C=O) groups is 1. The van der Waals surface area contributed by atoms with Crippen LogP contribution in [0.3, 0.4) is 0 Å². The number of hydrogen-bond acceptors (Lipinski definition) is 3. The molecule has 108 valence electrons. The van der Waals surface area contributed by atoms with Crippen LogP contribution in [0.15, 0.2) is 0 Å². The molecule has 1 N–H and O–H groups in total. The van der Waals surface area contributed by atoms with Crippen molar-refractivity contribution >= 4 is 5.91 Å². The Morgan fingerprint density at radius 3 is 2.17 bits per heavy atom. The first-order valence-electron chi connectivity index (χ1n) is 7.11. The molecule has 1 amide bonds. The molecule has 2 atom stereocenters. The average Bonchev–Trinajstić information content (AvgIpc) is 2.33. The van der Waals surface area contributed by atoms with Gasteiger partial charge in [0.2, 0.25) is 5.91 Å². The van der Waals surface area contributed by atoms with Crippen molar-refractivity contribution in [2.75, 3.05) is 33.7 Å². The van der Waals surface area contributed by atoms with Crippen LogP contribution >= 0.6 is 0 Å². The third kappa shape index (κ3) is 6.97. The molecular formula is C14H31N3O. The zero-order chi connectivity index (χ0) is 14.1. The Morgan fingerprint density at radius 1 is 1.17 bits per heavy atom. The molecular weight excluding hydrogens is 226 g/mol. The number of amides is 1. The van der Waals surface area contributed by atoms with Gasteiger partial charge in [0.15, 0.2) is 0 Å². The van der Waals surface area contributed by atoms with Gasteiger partial charge in [0, 0.05) is 20.1 Å². The minimum absolute atomic E-state index is 0.0940. The van der Waals surface area contributed by atoms with Crippen molar-refractivity contribution in [2.45, 2.75) is 52.6 Å². The van der Waals surface area contributed by atoms with E-state index in [1.807, 2.05) is 6.92 Å². The van der Waals surface area contributed by atoms with E-state index in [0.717, 1.165) is 26.1 Å². The van der Waals surface area contributed by atoms with Crippen LogP contribution in [0.2, 0.25) is 0 Å². The van der Waals surface area contributed by atoms with Crippen molar-refractivity contribution in [1.29, 1.82) is 0 Å². The van der Waals surface area contributed by atoms with E-state index in [0.29, 0.717) is 6.04 Å². The highest BCUT2D eigenvalue weighted by Gasteiger charge is 2.16. The molecule has 0 fully saturated rings. The molecule has 0 spiro atoms. The number of rotatable bonds is 9. The molecule has 0 aliphatic heterocycles. The first-order chi connectivity index (χ1) is 8.42. The monoisotopic (exact) mass is 257 g/mol. The quantitative estimate of drug-likeness (QED) is 0.681. The van der Waals surface area contributed by atoms with Crippen LogP contribution in [-0.4, -0.2) is 61.5 Å². The van der Waals surface area contributed by atoms with Gasteiger partial charge in [0.05, 0.1) is 6.04 Å².